The van der Waals surface area contributed by atoms with Gasteiger partial charge in [-0.2, -0.15) is 0 Å². The molecule has 0 fully saturated rings. The number of anilines is 1. The van der Waals surface area contributed by atoms with Gasteiger partial charge >= 0.3 is 0 Å². The van der Waals surface area contributed by atoms with Crippen LogP contribution in [0.5, 0.6) is 0 Å². The van der Waals surface area contributed by atoms with Crippen LogP contribution < -0.4 is 10.6 Å². The van der Waals surface area contributed by atoms with E-state index in [0.29, 0.717) is 5.69 Å². The number of benzene rings is 1. The Bertz CT molecular complexity index is 610. The van der Waals surface area contributed by atoms with Crippen LogP contribution in [0.1, 0.15) is 34.7 Å². The second kappa shape index (κ2) is 6.30. The van der Waals surface area contributed by atoms with Crippen molar-refractivity contribution in [2.75, 3.05) is 12.4 Å². The molecule has 0 aliphatic carbocycles. The molecule has 0 bridgehead atoms. The van der Waals surface area contributed by atoms with Crippen molar-refractivity contribution in [3.8, 4) is 0 Å². The number of aromatic nitrogens is 1. The van der Waals surface area contributed by atoms with Crippen molar-refractivity contribution in [3.05, 3.63) is 59.4 Å². The maximum absolute atomic E-state index is 12.1. The van der Waals surface area contributed by atoms with Crippen molar-refractivity contribution >= 4 is 11.6 Å². The first-order chi connectivity index (χ1) is 9.60. The van der Waals surface area contributed by atoms with E-state index >= 15 is 0 Å². The molecule has 1 amide bonds. The molecule has 0 saturated carbocycles. The molecule has 2 aromatic rings. The van der Waals surface area contributed by atoms with Gasteiger partial charge in [0.1, 0.15) is 5.69 Å². The molecule has 2 N–H and O–H groups in total. The third kappa shape index (κ3) is 3.42. The van der Waals surface area contributed by atoms with E-state index in [4.69, 9.17) is 0 Å². The van der Waals surface area contributed by atoms with E-state index in [0.717, 1.165) is 16.9 Å². The summed E-state index contributed by atoms with van der Waals surface area (Å²) < 4.78 is 0. The third-order valence-electron chi connectivity index (χ3n) is 3.20. The molecular weight excluding hydrogens is 250 g/mol. The predicted molar refractivity (Wildman–Crippen MR) is 80.8 cm³/mol. The summed E-state index contributed by atoms with van der Waals surface area (Å²) >= 11 is 0. The molecule has 4 heteroatoms. The molecule has 1 aromatic heterocycles. The van der Waals surface area contributed by atoms with Crippen LogP contribution in [0.2, 0.25) is 0 Å². The summed E-state index contributed by atoms with van der Waals surface area (Å²) in [5, 5.41) is 6.05. The standard InChI is InChI=1S/C16H19N3O/c1-11-6-4-9-15(18-11)16(20)19-14-8-5-7-13(10-14)12(2)17-3/h4-10,12,17H,1-3H3,(H,19,20). The maximum atomic E-state index is 12.1. The van der Waals surface area contributed by atoms with Gasteiger partial charge in [0.15, 0.2) is 0 Å². The zero-order chi connectivity index (χ0) is 14.5. The summed E-state index contributed by atoms with van der Waals surface area (Å²) in [4.78, 5) is 16.3. The van der Waals surface area contributed by atoms with E-state index in [1.165, 1.54) is 0 Å². The number of carbonyl (C=O) groups excluding carboxylic acids is 1. The van der Waals surface area contributed by atoms with E-state index in [9.17, 15) is 4.79 Å². The second-order valence-corrected chi connectivity index (χ2v) is 4.75. The minimum Gasteiger partial charge on any atom is -0.321 e. The maximum Gasteiger partial charge on any atom is 0.274 e. The van der Waals surface area contributed by atoms with Crippen LogP contribution in [0, 0.1) is 6.92 Å². The summed E-state index contributed by atoms with van der Waals surface area (Å²) in [6.07, 6.45) is 0. The molecule has 0 radical (unpaired) electrons. The lowest BCUT2D eigenvalue weighted by atomic mass is 10.1. The van der Waals surface area contributed by atoms with Gasteiger partial charge in [0.25, 0.3) is 5.91 Å². The topological polar surface area (TPSA) is 54.0 Å². The lowest BCUT2D eigenvalue weighted by Crippen LogP contribution is -2.15. The van der Waals surface area contributed by atoms with Crippen LogP contribution in [0.3, 0.4) is 0 Å². The zero-order valence-electron chi connectivity index (χ0n) is 12.0. The summed E-state index contributed by atoms with van der Waals surface area (Å²) in [5.41, 5.74) is 3.16. The number of nitrogens with one attached hydrogen (secondary N) is 2. The van der Waals surface area contributed by atoms with Gasteiger partial charge < -0.3 is 10.6 Å². The molecule has 1 unspecified atom stereocenters. The molecule has 104 valence electrons. The van der Waals surface area contributed by atoms with Gasteiger partial charge in [0, 0.05) is 17.4 Å². The molecule has 1 heterocycles. The largest absolute Gasteiger partial charge is 0.321 e. The summed E-state index contributed by atoms with van der Waals surface area (Å²) in [6, 6.07) is 13.5. The summed E-state index contributed by atoms with van der Waals surface area (Å²) in [6.45, 7) is 3.94. The van der Waals surface area contributed by atoms with Gasteiger partial charge in [-0.05, 0) is 50.7 Å². The average molecular weight is 269 g/mol. The fourth-order valence-corrected chi connectivity index (χ4v) is 1.92. The van der Waals surface area contributed by atoms with Crippen molar-refractivity contribution in [2.45, 2.75) is 19.9 Å². The van der Waals surface area contributed by atoms with Gasteiger partial charge in [-0.25, -0.2) is 4.98 Å². The first-order valence-electron chi connectivity index (χ1n) is 6.62. The molecule has 4 nitrogen and oxygen atoms in total. The van der Waals surface area contributed by atoms with Crippen molar-refractivity contribution in [2.24, 2.45) is 0 Å². The number of amides is 1. The highest BCUT2D eigenvalue weighted by atomic mass is 16.1. The Labute approximate surface area is 119 Å². The molecule has 1 atom stereocenters. The normalized spacial score (nSPS) is 11.9. The number of rotatable bonds is 4. The average Bonchev–Trinajstić information content (AvgIpc) is 2.46. The van der Waals surface area contributed by atoms with Crippen LogP contribution >= 0.6 is 0 Å². The number of carbonyl (C=O) groups is 1. The Hall–Kier alpha value is -2.20. The number of aryl methyl sites for hydroxylation is 1. The van der Waals surface area contributed by atoms with Crippen LogP contribution in [-0.4, -0.2) is 17.9 Å². The number of hydrogen-bond acceptors (Lipinski definition) is 3. The van der Waals surface area contributed by atoms with Crippen molar-refractivity contribution < 1.29 is 4.79 Å². The Morgan fingerprint density at radius 2 is 1.95 bits per heavy atom. The summed E-state index contributed by atoms with van der Waals surface area (Å²) in [7, 11) is 1.91. The van der Waals surface area contributed by atoms with E-state index in [1.54, 1.807) is 6.07 Å². The minimum absolute atomic E-state index is 0.192. The molecular formula is C16H19N3O. The predicted octanol–water partition coefficient (Wildman–Crippen LogP) is 2.92. The number of hydrogen-bond donors (Lipinski definition) is 2. The van der Waals surface area contributed by atoms with Gasteiger partial charge in [0.2, 0.25) is 0 Å². The second-order valence-electron chi connectivity index (χ2n) is 4.75. The number of pyridine rings is 1. The SMILES string of the molecule is CNC(C)c1cccc(NC(=O)c2cccc(C)n2)c1. The molecule has 0 saturated heterocycles. The Morgan fingerprint density at radius 3 is 2.65 bits per heavy atom. The van der Waals surface area contributed by atoms with E-state index < -0.39 is 0 Å². The molecule has 0 spiro atoms. The molecule has 20 heavy (non-hydrogen) atoms. The highest BCUT2D eigenvalue weighted by Crippen LogP contribution is 2.17. The van der Waals surface area contributed by atoms with Crippen LogP contribution in [0.15, 0.2) is 42.5 Å². The number of nitrogens with zero attached hydrogens (tertiary/aromatic N) is 1. The fourth-order valence-electron chi connectivity index (χ4n) is 1.92. The van der Waals surface area contributed by atoms with Crippen LogP contribution in [0.25, 0.3) is 0 Å². The van der Waals surface area contributed by atoms with Gasteiger partial charge in [0.05, 0.1) is 0 Å². The molecule has 1 aromatic carbocycles. The quantitative estimate of drug-likeness (QED) is 0.897. The van der Waals surface area contributed by atoms with Crippen LogP contribution in [0.4, 0.5) is 5.69 Å². The lowest BCUT2D eigenvalue weighted by molar-refractivity contribution is 0.102. The van der Waals surface area contributed by atoms with E-state index in [2.05, 4.69) is 22.5 Å². The first-order valence-corrected chi connectivity index (χ1v) is 6.62. The Kier molecular flexibility index (Phi) is 4.48. The first kappa shape index (κ1) is 14.2. The van der Waals surface area contributed by atoms with Crippen molar-refractivity contribution in [3.63, 3.8) is 0 Å². The third-order valence-corrected chi connectivity index (χ3v) is 3.20. The van der Waals surface area contributed by atoms with Gasteiger partial charge in [-0.1, -0.05) is 18.2 Å². The fraction of sp³-hybridized carbons (Fsp3) is 0.250. The highest BCUT2D eigenvalue weighted by Gasteiger charge is 2.09. The summed E-state index contributed by atoms with van der Waals surface area (Å²) in [5.74, 6) is -0.192. The van der Waals surface area contributed by atoms with E-state index in [1.807, 2.05) is 50.4 Å². The highest BCUT2D eigenvalue weighted by molar-refractivity contribution is 6.02. The van der Waals surface area contributed by atoms with Crippen molar-refractivity contribution in [1.82, 2.24) is 10.3 Å². The van der Waals surface area contributed by atoms with Crippen LogP contribution in [-0.2, 0) is 0 Å². The van der Waals surface area contributed by atoms with Crippen molar-refractivity contribution in [1.29, 1.82) is 0 Å². The monoisotopic (exact) mass is 269 g/mol. The molecule has 2 rings (SSSR count). The van der Waals surface area contributed by atoms with Gasteiger partial charge in [-0.15, -0.1) is 0 Å². The lowest BCUT2D eigenvalue weighted by Gasteiger charge is -2.12. The Morgan fingerprint density at radius 1 is 1.20 bits per heavy atom. The zero-order valence-corrected chi connectivity index (χ0v) is 12.0. The molecule has 0 aliphatic heterocycles. The smallest absolute Gasteiger partial charge is 0.274 e. The van der Waals surface area contributed by atoms with Gasteiger partial charge in [-0.3, -0.25) is 4.79 Å². The molecule has 0 aliphatic rings. The minimum atomic E-state index is -0.192. The van der Waals surface area contributed by atoms with E-state index in [-0.39, 0.29) is 11.9 Å². The Balaban J connectivity index is 2.16.